The van der Waals surface area contributed by atoms with Crippen LogP contribution in [0, 0.1) is 23.2 Å². The maximum Gasteiger partial charge on any atom is 0.410 e. The highest BCUT2D eigenvalue weighted by molar-refractivity contribution is 7.10. The maximum absolute atomic E-state index is 14.6. The lowest BCUT2D eigenvalue weighted by Crippen LogP contribution is -2.56. The maximum atomic E-state index is 14.6. The molecule has 2 aromatic carbocycles. The first-order valence-electron chi connectivity index (χ1n) is 27.7. The van der Waals surface area contributed by atoms with E-state index >= 15 is 0 Å². The lowest BCUT2D eigenvalue weighted by Gasteiger charge is -2.43. The van der Waals surface area contributed by atoms with Gasteiger partial charge in [0, 0.05) is 85.3 Å². The summed E-state index contributed by atoms with van der Waals surface area (Å²) in [6, 6.07) is 15.0. The number of hydrogen-bond acceptors (Lipinski definition) is 13. The Morgan fingerprint density at radius 2 is 1.73 bits per heavy atom. The number of hydrogen-bond donors (Lipinski definition) is 3. The van der Waals surface area contributed by atoms with E-state index in [9.17, 15) is 32.8 Å². The predicted molar refractivity (Wildman–Crippen MR) is 291 cm³/mol. The molecule has 422 valence electrons. The molecule has 5 aromatic rings. The van der Waals surface area contributed by atoms with Gasteiger partial charge in [-0.15, -0.1) is 11.3 Å². The van der Waals surface area contributed by atoms with Crippen LogP contribution in [0.4, 0.5) is 19.3 Å². The molecular formula is C58H72F2N10O8S. The first-order chi connectivity index (χ1) is 37.8. The highest BCUT2D eigenvalue weighted by Gasteiger charge is 2.78. The third-order valence-electron chi connectivity index (χ3n) is 16.8. The molecule has 2 aliphatic heterocycles. The number of rotatable bonds is 20. The van der Waals surface area contributed by atoms with Gasteiger partial charge >= 0.3 is 6.09 Å². The van der Waals surface area contributed by atoms with Crippen molar-refractivity contribution in [2.75, 3.05) is 58.4 Å². The van der Waals surface area contributed by atoms with E-state index in [1.54, 1.807) is 76.7 Å². The van der Waals surface area contributed by atoms with Crippen LogP contribution in [-0.4, -0.2) is 146 Å². The highest BCUT2D eigenvalue weighted by atomic mass is 32.1. The van der Waals surface area contributed by atoms with Crippen LogP contribution in [0.1, 0.15) is 140 Å². The van der Waals surface area contributed by atoms with E-state index < -0.39 is 52.8 Å². The van der Waals surface area contributed by atoms with Crippen molar-refractivity contribution >= 4 is 46.6 Å². The SMILES string of the molecule is C[C@@H](C(=O)N[C@H](C(=O)N1CCC[C@H]1c1nc(C(=O)c2cccc(OCCOCCN3CC([C@@H](c4ccccc4)n4cc(NC(=O)c5n[nH]c6c5C[C@@H]5C(F)(F)[C@]5(C)C6)cn4)C3)c2)cs1)C1CCCCC1)N(C)C(=O)OC(C)(C)C. The number of nitrogens with zero attached hydrogens (tertiary/aromatic N) is 7. The van der Waals surface area contributed by atoms with Crippen LogP contribution >= 0.6 is 11.3 Å². The molecule has 0 radical (unpaired) electrons. The summed E-state index contributed by atoms with van der Waals surface area (Å²) in [5.74, 6) is -4.13. The summed E-state index contributed by atoms with van der Waals surface area (Å²) in [5, 5.41) is 20.1. The molecular weight excluding hydrogens is 1030 g/mol. The second-order valence-electron chi connectivity index (χ2n) is 23.3. The average Bonchev–Trinajstić information content (AvgIpc) is 3.43. The number of carbonyl (C=O) groups is 5. The van der Waals surface area contributed by atoms with E-state index in [2.05, 4.69) is 43.0 Å². The fourth-order valence-electron chi connectivity index (χ4n) is 12.0. The van der Waals surface area contributed by atoms with Crippen molar-refractivity contribution in [2.24, 2.45) is 23.2 Å². The minimum absolute atomic E-state index is 0.0439. The largest absolute Gasteiger partial charge is 0.491 e. The predicted octanol–water partition coefficient (Wildman–Crippen LogP) is 8.52. The normalized spacial score (nSPS) is 22.2. The van der Waals surface area contributed by atoms with Gasteiger partial charge in [-0.25, -0.2) is 18.6 Å². The van der Waals surface area contributed by atoms with Gasteiger partial charge in [-0.2, -0.15) is 10.2 Å². The number of aromatic nitrogens is 5. The van der Waals surface area contributed by atoms with Gasteiger partial charge in [-0.3, -0.25) is 33.9 Å². The molecule has 21 heteroatoms. The summed E-state index contributed by atoms with van der Waals surface area (Å²) in [6.07, 6.45) is 9.14. The topological polar surface area (TPSA) is 206 Å². The standard InChI is InChI=1S/C58H72F2N10O8S/c1-35(67(6)55(75)78-56(2,3)4)51(72)64-47(36-15-9-7-10-16-36)54(74)69-22-14-21-45(69)53-63-44(34-79-53)50(71)38-19-13-20-41(27-38)77-26-25-76-24-23-68-31-39(32-68)49(37-17-11-8-12-18-37)70-33-40(30-61-70)62-52(73)48-42-28-46-57(5,58(46,59)60)29-43(42)65-66-48/h8,11-13,17-20,27,30,33-36,39,45-47,49H,7,9-10,14-16,21-26,28-29,31-32H2,1-6H3,(H,62,73)(H,64,72)(H,65,66)/t35-,45-,46-,47-,49+,57+/m0/s1. The van der Waals surface area contributed by atoms with Crippen molar-refractivity contribution in [1.29, 1.82) is 0 Å². The van der Waals surface area contributed by atoms with Crippen LogP contribution in [0.2, 0.25) is 0 Å². The Morgan fingerprint density at radius 3 is 2.49 bits per heavy atom. The molecule has 18 nitrogen and oxygen atoms in total. The molecule has 5 heterocycles. The average molecular weight is 1110 g/mol. The van der Waals surface area contributed by atoms with Gasteiger partial charge in [-0.05, 0) is 83.4 Å². The lowest BCUT2D eigenvalue weighted by molar-refractivity contribution is -0.140. The zero-order valence-electron chi connectivity index (χ0n) is 45.8. The molecule has 79 heavy (non-hydrogen) atoms. The van der Waals surface area contributed by atoms with Crippen LogP contribution in [0.3, 0.4) is 0 Å². The molecule has 3 N–H and O–H groups in total. The smallest absolute Gasteiger partial charge is 0.410 e. The Morgan fingerprint density at radius 1 is 0.962 bits per heavy atom. The van der Waals surface area contributed by atoms with Gasteiger partial charge in [0.15, 0.2) is 5.69 Å². The molecule has 4 fully saturated rings. The molecule has 3 aromatic heterocycles. The number of fused-ring (bicyclic) bond motifs is 2. The number of carbonyl (C=O) groups excluding carboxylic acids is 5. The van der Waals surface area contributed by atoms with E-state index in [0.29, 0.717) is 59.4 Å². The quantitative estimate of drug-likeness (QED) is 0.0496. The number of alkyl halides is 2. The van der Waals surface area contributed by atoms with Gasteiger partial charge in [0.1, 0.15) is 40.7 Å². The molecule has 2 saturated carbocycles. The van der Waals surface area contributed by atoms with E-state index in [0.717, 1.165) is 63.7 Å². The Kier molecular flexibility index (Phi) is 16.1. The van der Waals surface area contributed by atoms with E-state index in [-0.39, 0.29) is 66.4 Å². The second kappa shape index (κ2) is 22.9. The Bertz CT molecular complexity index is 3020. The third-order valence-corrected chi connectivity index (χ3v) is 17.7. The molecule has 2 saturated heterocycles. The van der Waals surface area contributed by atoms with Crippen LogP contribution in [-0.2, 0) is 31.9 Å². The van der Waals surface area contributed by atoms with Crippen molar-refractivity contribution < 1.29 is 47.0 Å². The number of benzene rings is 2. The summed E-state index contributed by atoms with van der Waals surface area (Å²) in [7, 11) is 1.52. The summed E-state index contributed by atoms with van der Waals surface area (Å²) in [6.45, 7) is 12.5. The zero-order chi connectivity index (χ0) is 55.8. The Balaban J connectivity index is 0.680. The molecule has 6 atom stereocenters. The van der Waals surface area contributed by atoms with Crippen LogP contribution in [0.15, 0.2) is 72.4 Å². The number of ketones is 1. The van der Waals surface area contributed by atoms with Crippen molar-refractivity contribution in [3.05, 3.63) is 111 Å². The second-order valence-corrected chi connectivity index (χ2v) is 24.2. The summed E-state index contributed by atoms with van der Waals surface area (Å²) in [4.78, 5) is 78.5. The molecule has 0 spiro atoms. The highest BCUT2D eigenvalue weighted by Crippen LogP contribution is 2.70. The van der Waals surface area contributed by atoms with E-state index in [1.807, 2.05) is 27.8 Å². The van der Waals surface area contributed by atoms with Crippen LogP contribution in [0.5, 0.6) is 5.75 Å². The molecule has 4 amide bonds. The van der Waals surface area contributed by atoms with Crippen molar-refractivity contribution in [2.45, 2.75) is 128 Å². The number of amides is 4. The zero-order valence-corrected chi connectivity index (χ0v) is 46.7. The lowest BCUT2D eigenvalue weighted by atomic mass is 9.83. The number of likely N-dealkylation sites (tertiary alicyclic amines) is 2. The molecule has 0 bridgehead atoms. The van der Waals surface area contributed by atoms with Gasteiger partial charge in [0.25, 0.3) is 11.8 Å². The van der Waals surface area contributed by atoms with Crippen molar-refractivity contribution in [3.8, 4) is 5.75 Å². The number of likely N-dealkylation sites (N-methyl/N-ethyl adjacent to an activating group) is 1. The summed E-state index contributed by atoms with van der Waals surface area (Å²) >= 11 is 1.35. The monoisotopic (exact) mass is 1110 g/mol. The van der Waals surface area contributed by atoms with Gasteiger partial charge in [0.2, 0.25) is 17.6 Å². The van der Waals surface area contributed by atoms with Gasteiger partial charge in [-0.1, -0.05) is 68.7 Å². The number of aromatic amines is 1. The fourth-order valence-corrected chi connectivity index (χ4v) is 13.0. The minimum atomic E-state index is -2.75. The third kappa shape index (κ3) is 11.9. The van der Waals surface area contributed by atoms with Crippen molar-refractivity contribution in [3.63, 3.8) is 0 Å². The van der Waals surface area contributed by atoms with Crippen LogP contribution < -0.4 is 15.4 Å². The van der Waals surface area contributed by atoms with Gasteiger partial charge < -0.3 is 34.6 Å². The summed E-state index contributed by atoms with van der Waals surface area (Å²) < 4.78 is 48.5. The van der Waals surface area contributed by atoms with Crippen molar-refractivity contribution in [1.82, 2.24) is 45.0 Å². The van der Waals surface area contributed by atoms with Gasteiger partial charge in [0.05, 0.1) is 37.2 Å². The van der Waals surface area contributed by atoms with Crippen LogP contribution in [0.25, 0.3) is 0 Å². The number of thiazole rings is 1. The number of ether oxygens (including phenoxy) is 3. The van der Waals surface area contributed by atoms with E-state index in [1.165, 1.54) is 23.3 Å². The number of halogens is 2. The van der Waals surface area contributed by atoms with E-state index in [4.69, 9.17) is 19.2 Å². The number of H-pyrrole nitrogens is 1. The first kappa shape index (κ1) is 55.7. The first-order valence-corrected chi connectivity index (χ1v) is 28.6. The molecule has 10 rings (SSSR count). The molecule has 0 unspecified atom stereocenters. The Labute approximate surface area is 463 Å². The number of anilines is 1. The Hall–Kier alpha value is -6.58. The number of nitrogens with one attached hydrogen (secondary N) is 3. The molecule has 5 aliphatic rings. The minimum Gasteiger partial charge on any atom is -0.491 e. The fraction of sp³-hybridized carbons (Fsp3) is 0.552. The summed E-state index contributed by atoms with van der Waals surface area (Å²) in [5.41, 5.74) is 1.78. The molecule has 3 aliphatic carbocycles.